The molecule has 3 aromatic rings. The van der Waals surface area contributed by atoms with Gasteiger partial charge < -0.3 is 10.1 Å². The highest BCUT2D eigenvalue weighted by atomic mass is 32.2. The van der Waals surface area contributed by atoms with Crippen LogP contribution in [-0.4, -0.2) is 52.9 Å². The van der Waals surface area contributed by atoms with Crippen LogP contribution in [0.3, 0.4) is 0 Å². The van der Waals surface area contributed by atoms with Gasteiger partial charge in [-0.15, -0.1) is 0 Å². The molecule has 0 bridgehead atoms. The minimum atomic E-state index is -4.48. The largest absolute Gasteiger partial charge is 0.497 e. The summed E-state index contributed by atoms with van der Waals surface area (Å²) in [5.41, 5.74) is -4.16. The van der Waals surface area contributed by atoms with Gasteiger partial charge in [0.1, 0.15) is 17.3 Å². The van der Waals surface area contributed by atoms with Crippen molar-refractivity contribution in [2.24, 2.45) is 0 Å². The minimum Gasteiger partial charge on any atom is -0.497 e. The lowest BCUT2D eigenvalue weighted by molar-refractivity contribution is -0.129. The van der Waals surface area contributed by atoms with Crippen LogP contribution < -0.4 is 15.0 Å². The zero-order valence-electron chi connectivity index (χ0n) is 21.4. The summed E-state index contributed by atoms with van der Waals surface area (Å²) in [5.74, 6) is -0.537. The molecule has 39 heavy (non-hydrogen) atoms. The van der Waals surface area contributed by atoms with E-state index in [1.807, 2.05) is 0 Å². The van der Waals surface area contributed by atoms with Crippen LogP contribution in [-0.2, 0) is 9.59 Å². The lowest BCUT2D eigenvalue weighted by Gasteiger charge is -2.35. The number of anilines is 1. The molecule has 1 aliphatic rings. The fourth-order valence-electron chi connectivity index (χ4n) is 4.46. The average molecular weight is 559 g/mol. The smallest absolute Gasteiger partial charge is 0.446 e. The predicted octanol–water partition coefficient (Wildman–Crippen LogP) is 5.40. The van der Waals surface area contributed by atoms with Gasteiger partial charge in [0.05, 0.1) is 12.8 Å². The van der Waals surface area contributed by atoms with Crippen LogP contribution in [0.5, 0.6) is 5.75 Å². The van der Waals surface area contributed by atoms with E-state index >= 15 is 0 Å². The first kappa shape index (κ1) is 28.0. The van der Waals surface area contributed by atoms with Crippen LogP contribution in [0, 0.1) is 0 Å². The van der Waals surface area contributed by atoms with E-state index in [2.05, 4.69) is 10.3 Å². The fourth-order valence-corrected chi connectivity index (χ4v) is 5.00. The number of hydrogen-bond donors (Lipinski definition) is 1. The summed E-state index contributed by atoms with van der Waals surface area (Å²) < 4.78 is 43.5. The number of halogens is 3. The van der Waals surface area contributed by atoms with Crippen LogP contribution >= 0.6 is 11.8 Å². The van der Waals surface area contributed by atoms with Crippen molar-refractivity contribution < 1.29 is 32.3 Å². The van der Waals surface area contributed by atoms with Gasteiger partial charge in [0.25, 0.3) is 5.91 Å². The normalized spacial score (nSPS) is 15.9. The molecule has 1 saturated heterocycles. The van der Waals surface area contributed by atoms with E-state index in [1.54, 1.807) is 43.6 Å². The summed E-state index contributed by atoms with van der Waals surface area (Å²) in [4.78, 5) is 46.9. The maximum atomic E-state index is 13.8. The third-order valence-electron chi connectivity index (χ3n) is 6.36. The van der Waals surface area contributed by atoms with Gasteiger partial charge in [-0.05, 0) is 79.2 Å². The van der Waals surface area contributed by atoms with Crippen LogP contribution in [0.1, 0.15) is 25.5 Å². The molecule has 2 aromatic carbocycles. The number of amides is 4. The number of ether oxygens (including phenoxy) is 1. The standard InChI is InChI=1S/C27H25F3N4O4S/c1-26(2)24(36)33(17-7-11-19(12-8-17)39-27(28,29)30)25(37)34(26)22(23(35)31-3)20-13-14-32-15-21(20)16-5-9-18(38-4)10-6-16/h5-15,22H,1-4H3,(H,31,35). The molecule has 4 amide bonds. The fraction of sp³-hybridized carbons (Fsp3) is 0.259. The van der Waals surface area contributed by atoms with Gasteiger partial charge >= 0.3 is 11.5 Å². The third-order valence-corrected chi connectivity index (χ3v) is 7.10. The molecule has 0 aliphatic carbocycles. The Kier molecular flexibility index (Phi) is 7.60. The van der Waals surface area contributed by atoms with Crippen LogP contribution in [0.2, 0.25) is 0 Å². The molecule has 0 saturated carbocycles. The van der Waals surface area contributed by atoms with Gasteiger partial charge in [0, 0.05) is 29.9 Å². The van der Waals surface area contributed by atoms with E-state index in [9.17, 15) is 27.6 Å². The SMILES string of the molecule is CNC(=O)C(c1ccncc1-c1ccc(OC)cc1)N1C(=O)N(c2ccc(SC(F)(F)F)cc2)C(=O)C1(C)C. The number of nitrogens with one attached hydrogen (secondary N) is 1. The second kappa shape index (κ2) is 10.6. The molecule has 1 aliphatic heterocycles. The summed E-state index contributed by atoms with van der Waals surface area (Å²) in [7, 11) is 2.96. The summed E-state index contributed by atoms with van der Waals surface area (Å²) in [6.07, 6.45) is 3.06. The van der Waals surface area contributed by atoms with E-state index in [0.717, 1.165) is 4.90 Å². The molecular weight excluding hydrogens is 533 g/mol. The molecule has 0 spiro atoms. The Bertz CT molecular complexity index is 1400. The lowest BCUT2D eigenvalue weighted by Crippen LogP contribution is -2.50. The number of methoxy groups -OCH3 is 1. The molecular formula is C27H25F3N4O4S. The zero-order chi connectivity index (χ0) is 28.5. The zero-order valence-corrected chi connectivity index (χ0v) is 22.3. The summed E-state index contributed by atoms with van der Waals surface area (Å²) in [6, 6.07) is 11.6. The van der Waals surface area contributed by atoms with Crippen molar-refractivity contribution in [2.75, 3.05) is 19.1 Å². The first-order valence-electron chi connectivity index (χ1n) is 11.7. The lowest BCUT2D eigenvalue weighted by atomic mass is 9.92. The summed E-state index contributed by atoms with van der Waals surface area (Å²) in [5, 5.41) is 2.58. The van der Waals surface area contributed by atoms with Gasteiger partial charge in [0.15, 0.2) is 0 Å². The highest BCUT2D eigenvalue weighted by Crippen LogP contribution is 2.42. The maximum Gasteiger partial charge on any atom is 0.446 e. The number of urea groups is 1. The third kappa shape index (κ3) is 5.42. The highest BCUT2D eigenvalue weighted by molar-refractivity contribution is 8.00. The number of imide groups is 1. The predicted molar refractivity (Wildman–Crippen MR) is 140 cm³/mol. The summed E-state index contributed by atoms with van der Waals surface area (Å²) in [6.45, 7) is 3.04. The number of aromatic nitrogens is 1. The Labute approximate surface area is 227 Å². The number of carbonyl (C=O) groups excluding carboxylic acids is 3. The minimum absolute atomic E-state index is 0.0906. The van der Waals surface area contributed by atoms with Crippen molar-refractivity contribution in [2.45, 2.75) is 35.8 Å². The topological polar surface area (TPSA) is 91.8 Å². The first-order chi connectivity index (χ1) is 18.4. The molecule has 204 valence electrons. The Morgan fingerprint density at radius 2 is 1.69 bits per heavy atom. The molecule has 4 rings (SSSR count). The number of alkyl halides is 3. The van der Waals surface area contributed by atoms with Crippen LogP contribution in [0.25, 0.3) is 11.1 Å². The van der Waals surface area contributed by atoms with Crippen molar-refractivity contribution >= 4 is 35.3 Å². The number of nitrogens with zero attached hydrogens (tertiary/aromatic N) is 3. The van der Waals surface area contributed by atoms with E-state index < -0.39 is 34.9 Å². The molecule has 12 heteroatoms. The Balaban J connectivity index is 1.78. The molecule has 8 nitrogen and oxygen atoms in total. The maximum absolute atomic E-state index is 13.8. The van der Waals surface area contributed by atoms with E-state index in [4.69, 9.17) is 4.74 Å². The second-order valence-corrected chi connectivity index (χ2v) is 10.2. The van der Waals surface area contributed by atoms with Crippen molar-refractivity contribution in [3.05, 3.63) is 72.6 Å². The second-order valence-electron chi connectivity index (χ2n) is 9.10. The van der Waals surface area contributed by atoms with Crippen LogP contribution in [0.15, 0.2) is 71.9 Å². The quantitative estimate of drug-likeness (QED) is 0.308. The molecule has 2 heterocycles. The first-order valence-corrected chi connectivity index (χ1v) is 12.5. The monoisotopic (exact) mass is 558 g/mol. The van der Waals surface area contributed by atoms with Crippen molar-refractivity contribution in [1.82, 2.24) is 15.2 Å². The molecule has 1 aromatic heterocycles. The van der Waals surface area contributed by atoms with Crippen LogP contribution in [0.4, 0.5) is 23.7 Å². The number of benzene rings is 2. The van der Waals surface area contributed by atoms with E-state index in [0.29, 0.717) is 22.4 Å². The number of thioether (sulfide) groups is 1. The average Bonchev–Trinajstić information content (AvgIpc) is 3.08. The van der Waals surface area contributed by atoms with E-state index in [1.165, 1.54) is 56.3 Å². The number of rotatable bonds is 7. The number of hydrogen-bond acceptors (Lipinski definition) is 6. The van der Waals surface area contributed by atoms with Gasteiger partial charge in [-0.25, -0.2) is 9.69 Å². The van der Waals surface area contributed by atoms with Gasteiger partial charge in [-0.2, -0.15) is 13.2 Å². The number of pyridine rings is 1. The number of carbonyl (C=O) groups is 3. The highest BCUT2D eigenvalue weighted by Gasteiger charge is 2.56. The van der Waals surface area contributed by atoms with Crippen molar-refractivity contribution in [3.8, 4) is 16.9 Å². The number of likely N-dealkylation sites (N-methyl/N-ethyl adjacent to an activating group) is 1. The molecule has 1 unspecified atom stereocenters. The summed E-state index contributed by atoms with van der Waals surface area (Å²) >= 11 is -0.301. The van der Waals surface area contributed by atoms with Crippen molar-refractivity contribution in [1.29, 1.82) is 0 Å². The molecule has 1 fully saturated rings. The Morgan fingerprint density at radius 1 is 1.05 bits per heavy atom. The van der Waals surface area contributed by atoms with Gasteiger partial charge in [-0.3, -0.25) is 19.5 Å². The molecule has 1 atom stereocenters. The van der Waals surface area contributed by atoms with E-state index in [-0.39, 0.29) is 22.3 Å². The van der Waals surface area contributed by atoms with Crippen molar-refractivity contribution in [3.63, 3.8) is 0 Å². The van der Waals surface area contributed by atoms with Gasteiger partial charge in [-0.1, -0.05) is 12.1 Å². The van der Waals surface area contributed by atoms with Gasteiger partial charge in [0.2, 0.25) is 5.91 Å². The molecule has 0 radical (unpaired) electrons. The molecule has 1 N–H and O–H groups in total. The Morgan fingerprint density at radius 3 is 2.26 bits per heavy atom. The Hall–Kier alpha value is -4.06.